The summed E-state index contributed by atoms with van der Waals surface area (Å²) in [5.41, 5.74) is 2.99. The van der Waals surface area contributed by atoms with Gasteiger partial charge in [-0.1, -0.05) is 18.9 Å². The molecular weight excluding hydrogens is 235 g/mol. The van der Waals surface area contributed by atoms with Crippen LogP contribution in [-0.2, 0) is 0 Å². The highest BCUT2D eigenvalue weighted by Crippen LogP contribution is 2.36. The second-order valence-corrected chi connectivity index (χ2v) is 5.91. The van der Waals surface area contributed by atoms with Crippen molar-refractivity contribution >= 4 is 11.6 Å². The first-order chi connectivity index (χ1) is 8.08. The predicted molar refractivity (Wildman–Crippen MR) is 71.3 cm³/mol. The minimum atomic E-state index is -0.0433. The molecule has 1 aliphatic rings. The Morgan fingerprint density at radius 3 is 2.59 bits per heavy atom. The van der Waals surface area contributed by atoms with Crippen molar-refractivity contribution in [3.8, 4) is 0 Å². The highest BCUT2D eigenvalue weighted by molar-refractivity contribution is 6.20. The number of hydrogen-bond acceptors (Lipinski definition) is 0. The van der Waals surface area contributed by atoms with E-state index in [9.17, 15) is 4.39 Å². The van der Waals surface area contributed by atoms with Crippen molar-refractivity contribution in [3.63, 3.8) is 0 Å². The molecule has 2 atom stereocenters. The van der Waals surface area contributed by atoms with Gasteiger partial charge in [-0.3, -0.25) is 0 Å². The van der Waals surface area contributed by atoms with Crippen LogP contribution in [0.4, 0.5) is 4.39 Å². The van der Waals surface area contributed by atoms with Crippen LogP contribution in [0.1, 0.15) is 54.7 Å². The highest BCUT2D eigenvalue weighted by atomic mass is 35.5. The Labute approximate surface area is 108 Å². The molecule has 2 rings (SSSR count). The fourth-order valence-electron chi connectivity index (χ4n) is 3.01. The molecule has 0 aromatic heterocycles. The number of halogens is 2. The van der Waals surface area contributed by atoms with Crippen LogP contribution in [0.25, 0.3) is 0 Å². The fraction of sp³-hybridized carbons (Fsp3) is 0.600. The maximum absolute atomic E-state index is 14.1. The molecule has 1 aliphatic carbocycles. The first kappa shape index (κ1) is 12.9. The summed E-state index contributed by atoms with van der Waals surface area (Å²) in [6.45, 7) is 3.96. The molecule has 0 heterocycles. The van der Waals surface area contributed by atoms with Crippen molar-refractivity contribution in [2.45, 2.75) is 57.2 Å². The molecule has 1 aromatic carbocycles. The fourth-order valence-corrected chi connectivity index (χ4v) is 3.38. The molecular formula is C15H20ClF. The summed E-state index contributed by atoms with van der Waals surface area (Å²) in [5, 5.41) is 0.211. The third-order valence-corrected chi connectivity index (χ3v) is 4.15. The lowest BCUT2D eigenvalue weighted by atomic mass is 9.87. The van der Waals surface area contributed by atoms with Crippen LogP contribution < -0.4 is 0 Å². The molecule has 17 heavy (non-hydrogen) atoms. The molecule has 94 valence electrons. The SMILES string of the molecule is Cc1cc(C)c(C2CCCCC(Cl)C2)c(F)c1. The van der Waals surface area contributed by atoms with Crippen LogP contribution in [0, 0.1) is 19.7 Å². The maximum Gasteiger partial charge on any atom is 0.127 e. The summed E-state index contributed by atoms with van der Waals surface area (Å²) >= 11 is 6.28. The second kappa shape index (κ2) is 5.39. The highest BCUT2D eigenvalue weighted by Gasteiger charge is 2.23. The van der Waals surface area contributed by atoms with Gasteiger partial charge < -0.3 is 0 Å². The van der Waals surface area contributed by atoms with Gasteiger partial charge in [0.15, 0.2) is 0 Å². The Kier molecular flexibility index (Phi) is 4.09. The normalized spacial score (nSPS) is 25.6. The van der Waals surface area contributed by atoms with E-state index >= 15 is 0 Å². The molecule has 1 fully saturated rings. The Morgan fingerprint density at radius 2 is 1.88 bits per heavy atom. The number of alkyl halides is 1. The standard InChI is InChI=1S/C15H20ClF/c1-10-7-11(2)15(14(17)8-10)12-5-3-4-6-13(16)9-12/h7-8,12-13H,3-6,9H2,1-2H3. The molecule has 1 saturated carbocycles. The minimum absolute atomic E-state index is 0.0433. The molecule has 0 radical (unpaired) electrons. The molecule has 2 heteroatoms. The summed E-state index contributed by atoms with van der Waals surface area (Å²) in [4.78, 5) is 0. The van der Waals surface area contributed by atoms with Crippen LogP contribution in [0.15, 0.2) is 12.1 Å². The van der Waals surface area contributed by atoms with Gasteiger partial charge in [0.05, 0.1) is 0 Å². The van der Waals surface area contributed by atoms with E-state index < -0.39 is 0 Å². The van der Waals surface area contributed by atoms with Crippen LogP contribution in [0.3, 0.4) is 0 Å². The molecule has 0 N–H and O–H groups in total. The third-order valence-electron chi connectivity index (χ3n) is 3.75. The second-order valence-electron chi connectivity index (χ2n) is 5.29. The van der Waals surface area contributed by atoms with Gasteiger partial charge >= 0.3 is 0 Å². The Bertz CT molecular complexity index is 377. The Morgan fingerprint density at radius 1 is 1.18 bits per heavy atom. The Balaban J connectivity index is 2.32. The minimum Gasteiger partial charge on any atom is -0.207 e. The zero-order valence-corrected chi connectivity index (χ0v) is 11.4. The van der Waals surface area contributed by atoms with E-state index in [2.05, 4.69) is 6.07 Å². The summed E-state index contributed by atoms with van der Waals surface area (Å²) < 4.78 is 14.1. The average Bonchev–Trinajstić information content (AvgIpc) is 2.41. The lowest BCUT2D eigenvalue weighted by Crippen LogP contribution is -2.08. The average molecular weight is 255 g/mol. The summed E-state index contributed by atoms with van der Waals surface area (Å²) in [7, 11) is 0. The van der Waals surface area contributed by atoms with E-state index in [1.165, 1.54) is 12.8 Å². The van der Waals surface area contributed by atoms with Gasteiger partial charge in [0.1, 0.15) is 5.82 Å². The maximum atomic E-state index is 14.1. The first-order valence-corrected chi connectivity index (χ1v) is 6.92. The van der Waals surface area contributed by atoms with Crippen molar-refractivity contribution < 1.29 is 4.39 Å². The molecule has 0 aliphatic heterocycles. The van der Waals surface area contributed by atoms with Crippen LogP contribution >= 0.6 is 11.6 Å². The number of rotatable bonds is 1. The zero-order valence-electron chi connectivity index (χ0n) is 10.6. The lowest BCUT2D eigenvalue weighted by molar-refractivity contribution is 0.535. The number of hydrogen-bond donors (Lipinski definition) is 0. The van der Waals surface area contributed by atoms with Crippen molar-refractivity contribution in [1.29, 1.82) is 0 Å². The van der Waals surface area contributed by atoms with E-state index in [1.54, 1.807) is 6.07 Å². The monoisotopic (exact) mass is 254 g/mol. The van der Waals surface area contributed by atoms with E-state index in [-0.39, 0.29) is 11.2 Å². The largest absolute Gasteiger partial charge is 0.207 e. The zero-order chi connectivity index (χ0) is 12.4. The van der Waals surface area contributed by atoms with Crippen LogP contribution in [0.2, 0.25) is 0 Å². The molecule has 0 nitrogen and oxygen atoms in total. The quantitative estimate of drug-likeness (QED) is 0.483. The molecule has 0 spiro atoms. The lowest BCUT2D eigenvalue weighted by Gasteiger charge is -2.20. The summed E-state index contributed by atoms with van der Waals surface area (Å²) in [6.07, 6.45) is 5.41. The van der Waals surface area contributed by atoms with Crippen molar-refractivity contribution in [2.24, 2.45) is 0 Å². The number of aryl methyl sites for hydroxylation is 2. The molecule has 2 unspecified atom stereocenters. The Hall–Kier alpha value is -0.560. The molecule has 0 amide bonds. The van der Waals surface area contributed by atoms with E-state index in [1.807, 2.05) is 13.8 Å². The molecule has 1 aromatic rings. The van der Waals surface area contributed by atoms with E-state index in [4.69, 9.17) is 11.6 Å². The van der Waals surface area contributed by atoms with Gasteiger partial charge in [-0.15, -0.1) is 11.6 Å². The third kappa shape index (κ3) is 3.01. The van der Waals surface area contributed by atoms with E-state index in [0.29, 0.717) is 5.92 Å². The van der Waals surface area contributed by atoms with E-state index in [0.717, 1.165) is 36.0 Å². The molecule has 0 saturated heterocycles. The topological polar surface area (TPSA) is 0 Å². The van der Waals surface area contributed by atoms with Crippen LogP contribution in [0.5, 0.6) is 0 Å². The van der Waals surface area contributed by atoms with Gasteiger partial charge in [0, 0.05) is 5.38 Å². The van der Waals surface area contributed by atoms with Gasteiger partial charge in [-0.05, 0) is 61.8 Å². The van der Waals surface area contributed by atoms with Gasteiger partial charge in [-0.2, -0.15) is 0 Å². The van der Waals surface area contributed by atoms with Crippen molar-refractivity contribution in [1.82, 2.24) is 0 Å². The first-order valence-electron chi connectivity index (χ1n) is 6.48. The number of benzene rings is 1. The summed E-state index contributed by atoms with van der Waals surface area (Å²) in [6, 6.07) is 3.73. The van der Waals surface area contributed by atoms with Crippen LogP contribution in [-0.4, -0.2) is 5.38 Å². The van der Waals surface area contributed by atoms with Gasteiger partial charge in [0.2, 0.25) is 0 Å². The predicted octanol–water partition coefficient (Wildman–Crippen LogP) is 5.10. The van der Waals surface area contributed by atoms with Gasteiger partial charge in [-0.25, -0.2) is 4.39 Å². The van der Waals surface area contributed by atoms with Crippen molar-refractivity contribution in [3.05, 3.63) is 34.6 Å². The smallest absolute Gasteiger partial charge is 0.127 e. The van der Waals surface area contributed by atoms with Gasteiger partial charge in [0.25, 0.3) is 0 Å². The molecule has 0 bridgehead atoms. The summed E-state index contributed by atoms with van der Waals surface area (Å²) in [5.74, 6) is 0.263. The van der Waals surface area contributed by atoms with Crippen molar-refractivity contribution in [2.75, 3.05) is 0 Å².